The Morgan fingerprint density at radius 2 is 2.20 bits per heavy atom. The fraction of sp³-hybridized carbons (Fsp3) is 0. The number of aromatic amines is 1. The standard InChI is InChI=1S/C11H8N6O2S/c12-7-5-14-11(20-7)16-15-9-8(17-19-10(9)18)6-3-1-2-4-13-6/h1-5,17H,12H2. The molecule has 8 nitrogen and oxygen atoms in total. The van der Waals surface area contributed by atoms with Gasteiger partial charge in [0.2, 0.25) is 10.8 Å². The van der Waals surface area contributed by atoms with E-state index in [1.165, 1.54) is 6.20 Å². The van der Waals surface area contributed by atoms with Crippen LogP contribution in [0.25, 0.3) is 11.4 Å². The number of pyridine rings is 1. The van der Waals surface area contributed by atoms with E-state index in [0.29, 0.717) is 21.5 Å². The lowest BCUT2D eigenvalue weighted by Crippen LogP contribution is -1.90. The number of nitrogens with zero attached hydrogens (tertiary/aromatic N) is 4. The molecule has 20 heavy (non-hydrogen) atoms. The number of nitrogen functional groups attached to an aromatic ring is 1. The van der Waals surface area contributed by atoms with Gasteiger partial charge in [0.25, 0.3) is 0 Å². The minimum atomic E-state index is -0.626. The second-order valence-corrected chi connectivity index (χ2v) is 4.72. The third kappa shape index (κ3) is 2.34. The number of nitrogens with two attached hydrogens (primary N) is 1. The molecule has 3 heterocycles. The van der Waals surface area contributed by atoms with Crippen molar-refractivity contribution in [2.75, 3.05) is 5.73 Å². The van der Waals surface area contributed by atoms with Gasteiger partial charge in [0, 0.05) is 6.20 Å². The Morgan fingerprint density at radius 3 is 2.90 bits per heavy atom. The summed E-state index contributed by atoms with van der Waals surface area (Å²) in [5.41, 5.74) is 5.85. The van der Waals surface area contributed by atoms with E-state index in [4.69, 9.17) is 10.3 Å². The van der Waals surface area contributed by atoms with Gasteiger partial charge in [-0.25, -0.2) is 14.9 Å². The summed E-state index contributed by atoms with van der Waals surface area (Å²) in [5, 5.41) is 11.1. The smallest absolute Gasteiger partial charge is 0.385 e. The predicted octanol–water partition coefficient (Wildman–Crippen LogP) is 2.48. The molecule has 0 atom stereocenters. The van der Waals surface area contributed by atoms with Crippen molar-refractivity contribution in [2.24, 2.45) is 10.2 Å². The van der Waals surface area contributed by atoms with Crippen molar-refractivity contribution in [3.05, 3.63) is 41.0 Å². The van der Waals surface area contributed by atoms with E-state index in [-0.39, 0.29) is 5.69 Å². The second-order valence-electron chi connectivity index (χ2n) is 3.68. The lowest BCUT2D eigenvalue weighted by molar-refractivity contribution is 0.394. The Hall–Kier alpha value is -2.81. The normalized spacial score (nSPS) is 11.2. The maximum atomic E-state index is 11.6. The van der Waals surface area contributed by atoms with Crippen molar-refractivity contribution in [3.63, 3.8) is 0 Å². The molecule has 3 aromatic heterocycles. The summed E-state index contributed by atoms with van der Waals surface area (Å²) in [4.78, 5) is 19.7. The Balaban J connectivity index is 2.00. The summed E-state index contributed by atoms with van der Waals surface area (Å²) < 4.78 is 4.73. The molecule has 0 aromatic carbocycles. The highest BCUT2D eigenvalue weighted by Crippen LogP contribution is 2.27. The fourth-order valence-corrected chi connectivity index (χ4v) is 1.99. The SMILES string of the molecule is Nc1cnc(N=Nc2c(-c3ccccn3)[nH]oc2=O)s1. The van der Waals surface area contributed by atoms with Gasteiger partial charge >= 0.3 is 5.63 Å². The van der Waals surface area contributed by atoms with Crippen LogP contribution in [0.1, 0.15) is 0 Å². The molecule has 9 heteroatoms. The number of hydrogen-bond donors (Lipinski definition) is 2. The van der Waals surface area contributed by atoms with Crippen molar-refractivity contribution in [1.82, 2.24) is 15.1 Å². The number of rotatable bonds is 3. The Morgan fingerprint density at radius 1 is 1.30 bits per heavy atom. The van der Waals surface area contributed by atoms with Crippen molar-refractivity contribution >= 4 is 27.2 Å². The van der Waals surface area contributed by atoms with Gasteiger partial charge in [0.05, 0.1) is 11.9 Å². The highest BCUT2D eigenvalue weighted by atomic mass is 32.1. The zero-order chi connectivity index (χ0) is 13.9. The van der Waals surface area contributed by atoms with Crippen LogP contribution in [0.4, 0.5) is 15.8 Å². The third-order valence-electron chi connectivity index (χ3n) is 2.34. The van der Waals surface area contributed by atoms with E-state index in [1.807, 2.05) is 0 Å². The molecule has 0 saturated carbocycles. The number of anilines is 1. The Bertz CT molecular complexity index is 804. The van der Waals surface area contributed by atoms with E-state index in [9.17, 15) is 4.79 Å². The minimum absolute atomic E-state index is 0.0393. The Labute approximate surface area is 116 Å². The fourth-order valence-electron chi connectivity index (χ4n) is 1.49. The molecule has 3 N–H and O–H groups in total. The maximum Gasteiger partial charge on any atom is 0.385 e. The predicted molar refractivity (Wildman–Crippen MR) is 73.3 cm³/mol. The number of nitrogens with one attached hydrogen (secondary N) is 1. The number of azo groups is 1. The average molecular weight is 288 g/mol. The molecule has 0 spiro atoms. The molecule has 0 unspecified atom stereocenters. The molecule has 0 aliphatic rings. The van der Waals surface area contributed by atoms with Gasteiger partial charge in [0.15, 0.2) is 0 Å². The second kappa shape index (κ2) is 5.05. The molecule has 0 fully saturated rings. The van der Waals surface area contributed by atoms with Gasteiger partial charge in [-0.15, -0.1) is 10.2 Å². The molecule has 0 saturated heterocycles. The number of aromatic nitrogens is 3. The van der Waals surface area contributed by atoms with E-state index in [2.05, 4.69) is 25.4 Å². The monoisotopic (exact) mass is 288 g/mol. The first-order valence-corrected chi connectivity index (χ1v) is 6.31. The van der Waals surface area contributed by atoms with E-state index in [0.717, 1.165) is 11.3 Å². The lowest BCUT2D eigenvalue weighted by atomic mass is 10.2. The zero-order valence-electron chi connectivity index (χ0n) is 9.98. The molecule has 0 aliphatic carbocycles. The average Bonchev–Trinajstić information content (AvgIpc) is 3.04. The lowest BCUT2D eigenvalue weighted by Gasteiger charge is -1.94. The van der Waals surface area contributed by atoms with Crippen LogP contribution in [-0.4, -0.2) is 15.1 Å². The zero-order valence-corrected chi connectivity index (χ0v) is 10.8. The number of hydrogen-bond acceptors (Lipinski definition) is 8. The van der Waals surface area contributed by atoms with E-state index >= 15 is 0 Å². The van der Waals surface area contributed by atoms with Gasteiger partial charge < -0.3 is 10.3 Å². The van der Waals surface area contributed by atoms with Crippen LogP contribution in [0.3, 0.4) is 0 Å². The molecule has 100 valence electrons. The molecular weight excluding hydrogens is 280 g/mol. The highest BCUT2D eigenvalue weighted by Gasteiger charge is 2.14. The van der Waals surface area contributed by atoms with Crippen LogP contribution in [0.15, 0.2) is 50.1 Å². The van der Waals surface area contributed by atoms with Crippen LogP contribution < -0.4 is 11.4 Å². The summed E-state index contributed by atoms with van der Waals surface area (Å²) in [5.74, 6) is 0. The first kappa shape index (κ1) is 12.2. The summed E-state index contributed by atoms with van der Waals surface area (Å²) in [7, 11) is 0. The van der Waals surface area contributed by atoms with Crippen LogP contribution in [-0.2, 0) is 0 Å². The van der Waals surface area contributed by atoms with Crippen molar-refractivity contribution < 1.29 is 4.52 Å². The first-order chi connectivity index (χ1) is 9.74. The topological polar surface area (TPSA) is 123 Å². The van der Waals surface area contributed by atoms with Crippen LogP contribution in [0, 0.1) is 0 Å². The largest absolute Gasteiger partial charge is 0.389 e. The van der Waals surface area contributed by atoms with Crippen molar-refractivity contribution in [3.8, 4) is 11.4 Å². The quantitative estimate of drug-likeness (QED) is 0.717. The summed E-state index contributed by atoms with van der Waals surface area (Å²) in [6, 6.07) is 5.28. The van der Waals surface area contributed by atoms with Crippen LogP contribution in [0.5, 0.6) is 0 Å². The first-order valence-electron chi connectivity index (χ1n) is 5.50. The highest BCUT2D eigenvalue weighted by molar-refractivity contribution is 7.18. The van der Waals surface area contributed by atoms with Gasteiger partial charge in [-0.3, -0.25) is 4.98 Å². The maximum absolute atomic E-state index is 11.6. The molecule has 0 amide bonds. The van der Waals surface area contributed by atoms with Crippen molar-refractivity contribution in [2.45, 2.75) is 0 Å². The summed E-state index contributed by atoms with van der Waals surface area (Å²) in [6.45, 7) is 0. The molecule has 0 bridgehead atoms. The van der Waals surface area contributed by atoms with Crippen LogP contribution >= 0.6 is 11.3 Å². The molecule has 0 aliphatic heterocycles. The molecule has 0 radical (unpaired) electrons. The Kier molecular flexibility index (Phi) is 3.09. The van der Waals surface area contributed by atoms with E-state index < -0.39 is 5.63 Å². The van der Waals surface area contributed by atoms with Gasteiger partial charge in [-0.2, -0.15) is 0 Å². The molecule has 3 aromatic rings. The summed E-state index contributed by atoms with van der Waals surface area (Å²) in [6.07, 6.45) is 3.07. The van der Waals surface area contributed by atoms with Gasteiger partial charge in [0.1, 0.15) is 10.7 Å². The minimum Gasteiger partial charge on any atom is -0.389 e. The molecule has 3 rings (SSSR count). The summed E-state index contributed by atoms with van der Waals surface area (Å²) >= 11 is 1.16. The number of thiazole rings is 1. The van der Waals surface area contributed by atoms with Crippen molar-refractivity contribution in [1.29, 1.82) is 0 Å². The van der Waals surface area contributed by atoms with Crippen LogP contribution in [0.2, 0.25) is 0 Å². The number of H-pyrrole nitrogens is 1. The molecular formula is C11H8N6O2S. The van der Waals surface area contributed by atoms with E-state index in [1.54, 1.807) is 24.4 Å². The third-order valence-corrected chi connectivity index (χ3v) is 3.05. The van der Waals surface area contributed by atoms with Gasteiger partial charge in [-0.05, 0) is 12.1 Å². The van der Waals surface area contributed by atoms with Gasteiger partial charge in [-0.1, -0.05) is 17.4 Å².